The summed E-state index contributed by atoms with van der Waals surface area (Å²) in [6.07, 6.45) is 0.891. The second-order valence-electron chi connectivity index (χ2n) is 9.54. The second-order valence-corrected chi connectivity index (χ2v) is 10.6. The number of aryl methyl sites for hydroxylation is 1. The highest BCUT2D eigenvalue weighted by Gasteiger charge is 2.34. The van der Waals surface area contributed by atoms with Crippen molar-refractivity contribution in [1.82, 2.24) is 5.32 Å². The molecule has 1 amide bonds. The molecule has 1 fully saturated rings. The highest BCUT2D eigenvalue weighted by atomic mass is 32.1. The maximum atomic E-state index is 13.8. The number of likely N-dealkylation sites (N-methyl/N-ethyl adjacent to an activating group) is 1. The molecule has 1 aromatic heterocycles. The molecule has 1 atom stereocenters. The van der Waals surface area contributed by atoms with Crippen LogP contribution in [0.25, 0.3) is 10.4 Å². The van der Waals surface area contributed by atoms with Gasteiger partial charge in [0, 0.05) is 29.1 Å². The summed E-state index contributed by atoms with van der Waals surface area (Å²) in [6, 6.07) is 14.9. The Morgan fingerprint density at radius 1 is 1.08 bits per heavy atom. The van der Waals surface area contributed by atoms with Crippen molar-refractivity contribution in [1.29, 1.82) is 0 Å². The van der Waals surface area contributed by atoms with Crippen LogP contribution in [0.1, 0.15) is 33.6 Å². The number of carboxylic acid groups (broad SMARTS) is 2. The zero-order valence-electron chi connectivity index (χ0n) is 22.1. The number of hydrogen-bond donors (Lipinski definition) is 3. The Labute approximate surface area is 231 Å². The fourth-order valence-electron chi connectivity index (χ4n) is 4.82. The third kappa shape index (κ3) is 6.40. The molecule has 206 valence electrons. The number of piperidine rings is 1. The summed E-state index contributed by atoms with van der Waals surface area (Å²) in [5, 5.41) is 22.0. The summed E-state index contributed by atoms with van der Waals surface area (Å²) < 4.78 is 11.7. The van der Waals surface area contributed by atoms with Gasteiger partial charge in [0.25, 0.3) is 5.91 Å². The van der Waals surface area contributed by atoms with Crippen molar-refractivity contribution in [2.24, 2.45) is 5.92 Å². The number of carbonyl (C=O) groups is 3. The Morgan fingerprint density at radius 3 is 2.46 bits per heavy atom. The van der Waals surface area contributed by atoms with Crippen LogP contribution in [0.4, 0.5) is 5.69 Å². The number of nitrogens with one attached hydrogen (secondary N) is 1. The van der Waals surface area contributed by atoms with Crippen LogP contribution in [0.15, 0.2) is 48.5 Å². The molecule has 2 heterocycles. The van der Waals surface area contributed by atoms with Gasteiger partial charge in [-0.1, -0.05) is 30.3 Å². The summed E-state index contributed by atoms with van der Waals surface area (Å²) in [7, 11) is 1.76. The van der Waals surface area contributed by atoms with Crippen molar-refractivity contribution < 1.29 is 34.1 Å². The Balaban J connectivity index is 1.66. The molecular weight excluding hydrogens is 520 g/mol. The first-order valence-electron chi connectivity index (χ1n) is 12.7. The van der Waals surface area contributed by atoms with Gasteiger partial charge < -0.3 is 29.9 Å². The van der Waals surface area contributed by atoms with Crippen LogP contribution in [0.3, 0.4) is 0 Å². The van der Waals surface area contributed by atoms with Crippen LogP contribution in [-0.2, 0) is 9.59 Å². The lowest BCUT2D eigenvalue weighted by Gasteiger charge is -2.33. The molecule has 0 radical (unpaired) electrons. The van der Waals surface area contributed by atoms with Crippen molar-refractivity contribution in [3.05, 3.63) is 64.5 Å². The van der Waals surface area contributed by atoms with Gasteiger partial charge in [0.2, 0.25) is 0 Å². The number of rotatable bonds is 10. The van der Waals surface area contributed by atoms with Gasteiger partial charge in [-0.25, -0.2) is 9.59 Å². The molecule has 3 aromatic rings. The molecule has 1 aliphatic heterocycles. The number of amides is 1. The van der Waals surface area contributed by atoms with Crippen molar-refractivity contribution in [2.45, 2.75) is 32.8 Å². The third-order valence-electron chi connectivity index (χ3n) is 6.85. The number of carbonyl (C=O) groups excluding carboxylic acids is 1. The fourth-order valence-corrected chi connectivity index (χ4v) is 5.91. The maximum absolute atomic E-state index is 13.8. The van der Waals surface area contributed by atoms with E-state index in [-0.39, 0.29) is 22.5 Å². The van der Waals surface area contributed by atoms with Crippen LogP contribution in [0.5, 0.6) is 11.5 Å². The molecule has 0 bridgehead atoms. The van der Waals surface area contributed by atoms with Gasteiger partial charge in [0.1, 0.15) is 11.5 Å². The number of carboxylic acids is 2. The lowest BCUT2D eigenvalue weighted by molar-refractivity contribution is -0.139. The minimum absolute atomic E-state index is 0.0204. The lowest BCUT2D eigenvalue weighted by atomic mass is 9.91. The summed E-state index contributed by atoms with van der Waals surface area (Å²) >= 11 is 1.01. The summed E-state index contributed by atoms with van der Waals surface area (Å²) in [5.41, 5.74) is 3.03. The van der Waals surface area contributed by atoms with Crippen molar-refractivity contribution >= 4 is 34.9 Å². The Bertz CT molecular complexity index is 1360. The summed E-state index contributed by atoms with van der Waals surface area (Å²) in [5.74, 6) is -1.98. The van der Waals surface area contributed by atoms with Crippen LogP contribution < -0.4 is 19.7 Å². The molecule has 9 nitrogen and oxygen atoms in total. The molecule has 3 N–H and O–H groups in total. The molecule has 0 aliphatic carbocycles. The third-order valence-corrected chi connectivity index (χ3v) is 8.16. The van der Waals surface area contributed by atoms with Gasteiger partial charge in [-0.3, -0.25) is 4.79 Å². The van der Waals surface area contributed by atoms with Gasteiger partial charge in [-0.05, 0) is 69.1 Å². The van der Waals surface area contributed by atoms with E-state index in [1.807, 2.05) is 37.3 Å². The van der Waals surface area contributed by atoms with E-state index < -0.39 is 24.6 Å². The van der Waals surface area contributed by atoms with Crippen LogP contribution in [0.2, 0.25) is 0 Å². The minimum Gasteiger partial charge on any atom is -0.480 e. The van der Waals surface area contributed by atoms with Gasteiger partial charge in [-0.2, -0.15) is 0 Å². The van der Waals surface area contributed by atoms with E-state index >= 15 is 0 Å². The van der Waals surface area contributed by atoms with E-state index in [1.54, 1.807) is 37.1 Å². The molecular formula is C29H32N2O7S. The van der Waals surface area contributed by atoms with E-state index in [4.69, 9.17) is 14.6 Å². The van der Waals surface area contributed by atoms with E-state index in [2.05, 4.69) is 5.32 Å². The summed E-state index contributed by atoms with van der Waals surface area (Å²) in [4.78, 5) is 38.9. The highest BCUT2D eigenvalue weighted by molar-refractivity contribution is 7.18. The van der Waals surface area contributed by atoms with Gasteiger partial charge in [0.05, 0.1) is 0 Å². The number of benzene rings is 2. The lowest BCUT2D eigenvalue weighted by Crippen LogP contribution is -2.47. The van der Waals surface area contributed by atoms with Crippen molar-refractivity contribution in [2.75, 3.05) is 31.6 Å². The fraction of sp³-hybridized carbons (Fsp3) is 0.345. The van der Waals surface area contributed by atoms with E-state index in [1.165, 1.54) is 0 Å². The number of hydrogen-bond acceptors (Lipinski definition) is 7. The largest absolute Gasteiger partial charge is 0.480 e. The van der Waals surface area contributed by atoms with E-state index in [0.717, 1.165) is 48.5 Å². The first-order valence-corrected chi connectivity index (χ1v) is 13.5. The maximum Gasteiger partial charge on any atom is 0.349 e. The zero-order chi connectivity index (χ0) is 28.1. The average Bonchev–Trinajstić information content (AvgIpc) is 3.27. The molecule has 4 rings (SSSR count). The molecule has 2 aromatic carbocycles. The van der Waals surface area contributed by atoms with Gasteiger partial charge in [-0.15, -0.1) is 11.3 Å². The molecule has 1 aliphatic rings. The summed E-state index contributed by atoms with van der Waals surface area (Å²) in [6.45, 7) is 4.62. The number of ether oxygens (including phenoxy) is 2. The average molecular weight is 553 g/mol. The van der Waals surface area contributed by atoms with Crippen LogP contribution >= 0.6 is 11.3 Å². The minimum atomic E-state index is -1.20. The molecule has 0 spiro atoms. The van der Waals surface area contributed by atoms with Crippen LogP contribution in [0, 0.1) is 19.8 Å². The number of anilines is 1. The zero-order valence-corrected chi connectivity index (χ0v) is 22.9. The Hall–Kier alpha value is -3.89. The van der Waals surface area contributed by atoms with E-state index in [9.17, 15) is 19.5 Å². The molecule has 0 saturated carbocycles. The van der Waals surface area contributed by atoms with Crippen molar-refractivity contribution in [3.63, 3.8) is 0 Å². The number of aliphatic carboxylic acids is 1. The Morgan fingerprint density at radius 2 is 1.79 bits per heavy atom. The Kier molecular flexibility index (Phi) is 8.88. The molecule has 1 saturated heterocycles. The predicted octanol–water partition coefficient (Wildman–Crippen LogP) is 4.60. The number of aromatic carboxylic acids is 1. The second kappa shape index (κ2) is 12.3. The van der Waals surface area contributed by atoms with Gasteiger partial charge >= 0.3 is 11.9 Å². The first kappa shape index (κ1) is 28.1. The molecule has 10 heteroatoms. The quantitative estimate of drug-likeness (QED) is 0.333. The SMILES string of the molecule is Cc1ccccc1N(C)C(=O)C(Oc1cccc(-c2sc(C(=O)O)c(OCC(=O)O)c2C)c1)C1CCNCC1. The molecule has 39 heavy (non-hydrogen) atoms. The molecule has 1 unspecified atom stereocenters. The topological polar surface area (TPSA) is 125 Å². The van der Waals surface area contributed by atoms with Gasteiger partial charge in [0.15, 0.2) is 17.6 Å². The van der Waals surface area contributed by atoms with Crippen LogP contribution in [-0.4, -0.2) is 60.9 Å². The number of thiophene rings is 1. The smallest absolute Gasteiger partial charge is 0.349 e. The highest BCUT2D eigenvalue weighted by Crippen LogP contribution is 2.42. The first-order chi connectivity index (χ1) is 18.7. The normalized spacial score (nSPS) is 14.4. The monoisotopic (exact) mass is 552 g/mol. The number of para-hydroxylation sites is 1. The standard InChI is InChI=1S/C29H32N2O7S/c1-17-7-4-5-10-22(17)31(3)28(34)25(19-11-13-30-14-12-19)38-21-9-6-8-20(15-21)26-18(2)24(37-16-23(32)33)27(39-26)29(35)36/h4-10,15,19,25,30H,11-14,16H2,1-3H3,(H,32,33)(H,35,36). The predicted molar refractivity (Wildman–Crippen MR) is 149 cm³/mol. The van der Waals surface area contributed by atoms with E-state index in [0.29, 0.717) is 21.8 Å². The number of nitrogens with zero attached hydrogens (tertiary/aromatic N) is 1. The van der Waals surface area contributed by atoms with Crippen molar-refractivity contribution in [3.8, 4) is 21.9 Å².